The highest BCUT2D eigenvalue weighted by Gasteiger charge is 2.15. The molecule has 0 saturated carbocycles. The summed E-state index contributed by atoms with van der Waals surface area (Å²) in [5.74, 6) is 0.401. The molecule has 118 valence electrons. The molecule has 0 atom stereocenters. The van der Waals surface area contributed by atoms with Crippen LogP contribution in [0.4, 0.5) is 4.39 Å². The monoisotopic (exact) mass is 313 g/mol. The number of nitrogens with zero attached hydrogens (tertiary/aromatic N) is 3. The van der Waals surface area contributed by atoms with E-state index in [-0.39, 0.29) is 12.4 Å². The lowest BCUT2D eigenvalue weighted by molar-refractivity contribution is 0.277. The fourth-order valence-corrected chi connectivity index (χ4v) is 2.46. The third-order valence-electron chi connectivity index (χ3n) is 3.52. The predicted octanol–water partition coefficient (Wildman–Crippen LogP) is 2.63. The second-order valence-corrected chi connectivity index (χ2v) is 5.06. The summed E-state index contributed by atoms with van der Waals surface area (Å²) in [6.45, 7) is 0.132. The van der Waals surface area contributed by atoms with Crippen molar-refractivity contribution in [2.45, 2.75) is 13.2 Å². The van der Waals surface area contributed by atoms with Gasteiger partial charge in [0.15, 0.2) is 0 Å². The van der Waals surface area contributed by atoms with Gasteiger partial charge in [-0.2, -0.15) is 0 Å². The van der Waals surface area contributed by atoms with E-state index in [1.807, 2.05) is 30.3 Å². The van der Waals surface area contributed by atoms with Gasteiger partial charge in [0, 0.05) is 5.56 Å². The maximum atomic E-state index is 13.4. The van der Waals surface area contributed by atoms with Gasteiger partial charge in [0.2, 0.25) is 0 Å². The number of aliphatic hydroxyl groups excluding tert-OH is 1. The molecule has 3 aromatic rings. The first-order valence-electron chi connectivity index (χ1n) is 7.13. The summed E-state index contributed by atoms with van der Waals surface area (Å²) in [6.07, 6.45) is 0. The molecule has 0 bridgehead atoms. The second-order valence-electron chi connectivity index (χ2n) is 5.06. The van der Waals surface area contributed by atoms with Crippen LogP contribution in [-0.4, -0.2) is 27.2 Å². The zero-order chi connectivity index (χ0) is 16.2. The van der Waals surface area contributed by atoms with Gasteiger partial charge in [0.25, 0.3) is 0 Å². The van der Waals surface area contributed by atoms with Crippen molar-refractivity contribution in [3.05, 3.63) is 65.6 Å². The molecule has 0 amide bonds. The van der Waals surface area contributed by atoms with Crippen LogP contribution in [0, 0.1) is 5.82 Å². The third kappa shape index (κ3) is 3.22. The van der Waals surface area contributed by atoms with Crippen LogP contribution >= 0.6 is 0 Å². The van der Waals surface area contributed by atoms with Crippen molar-refractivity contribution in [2.75, 3.05) is 7.11 Å². The zero-order valence-corrected chi connectivity index (χ0v) is 12.6. The molecule has 6 heteroatoms. The van der Waals surface area contributed by atoms with Crippen LogP contribution in [0.25, 0.3) is 11.3 Å². The highest BCUT2D eigenvalue weighted by atomic mass is 19.1. The van der Waals surface area contributed by atoms with Crippen molar-refractivity contribution in [1.82, 2.24) is 15.0 Å². The van der Waals surface area contributed by atoms with E-state index in [1.165, 1.54) is 12.1 Å². The van der Waals surface area contributed by atoms with E-state index in [0.717, 1.165) is 11.1 Å². The summed E-state index contributed by atoms with van der Waals surface area (Å²) in [5, 5.41) is 17.6. The van der Waals surface area contributed by atoms with E-state index in [0.29, 0.717) is 23.7 Å². The Labute approximate surface area is 133 Å². The number of halogens is 1. The number of aromatic nitrogens is 3. The molecule has 0 radical (unpaired) electrons. The number of hydrogen-bond acceptors (Lipinski definition) is 4. The molecule has 0 aliphatic rings. The number of rotatable bonds is 5. The van der Waals surface area contributed by atoms with Crippen LogP contribution in [0.15, 0.2) is 48.5 Å². The number of methoxy groups -OCH3 is 1. The van der Waals surface area contributed by atoms with E-state index in [4.69, 9.17) is 4.74 Å². The minimum atomic E-state index is -0.298. The number of hydrogen-bond donors (Lipinski definition) is 1. The summed E-state index contributed by atoms with van der Waals surface area (Å²) in [6, 6.07) is 13.8. The van der Waals surface area contributed by atoms with Gasteiger partial charge >= 0.3 is 0 Å². The number of benzene rings is 2. The topological polar surface area (TPSA) is 60.2 Å². The Hall–Kier alpha value is -2.73. The van der Waals surface area contributed by atoms with Gasteiger partial charge in [-0.05, 0) is 29.8 Å². The van der Waals surface area contributed by atoms with E-state index in [1.54, 1.807) is 17.9 Å². The minimum Gasteiger partial charge on any atom is -0.497 e. The Morgan fingerprint density at radius 2 is 2.00 bits per heavy atom. The molecule has 2 aromatic carbocycles. The van der Waals surface area contributed by atoms with Crippen molar-refractivity contribution in [1.29, 1.82) is 0 Å². The first kappa shape index (κ1) is 15.2. The molecule has 0 aliphatic carbocycles. The Bertz CT molecular complexity index is 817. The van der Waals surface area contributed by atoms with Crippen molar-refractivity contribution >= 4 is 0 Å². The highest BCUT2D eigenvalue weighted by molar-refractivity contribution is 5.63. The summed E-state index contributed by atoms with van der Waals surface area (Å²) >= 11 is 0. The van der Waals surface area contributed by atoms with Crippen LogP contribution in [-0.2, 0) is 13.2 Å². The summed E-state index contributed by atoms with van der Waals surface area (Å²) in [4.78, 5) is 0. The van der Waals surface area contributed by atoms with Crippen molar-refractivity contribution < 1.29 is 14.2 Å². The Kier molecular flexibility index (Phi) is 4.34. The molecule has 0 aliphatic heterocycles. The number of aliphatic hydroxyl groups is 1. The van der Waals surface area contributed by atoms with Gasteiger partial charge in [-0.3, -0.25) is 0 Å². The average molecular weight is 313 g/mol. The van der Waals surface area contributed by atoms with E-state index >= 15 is 0 Å². The van der Waals surface area contributed by atoms with Gasteiger partial charge in [0.1, 0.15) is 17.3 Å². The van der Waals surface area contributed by atoms with E-state index < -0.39 is 0 Å². The number of ether oxygens (including phenoxy) is 1. The SMILES string of the molecule is COc1cccc(-c2c(CO)nnn2Cc2cccc(F)c2)c1. The van der Waals surface area contributed by atoms with Crippen LogP contribution in [0.2, 0.25) is 0 Å². The van der Waals surface area contributed by atoms with Crippen LogP contribution in [0.3, 0.4) is 0 Å². The molecule has 1 N–H and O–H groups in total. The first-order chi connectivity index (χ1) is 11.2. The van der Waals surface area contributed by atoms with Gasteiger partial charge in [0.05, 0.1) is 26.0 Å². The standard InChI is InChI=1S/C17H16FN3O2/c1-23-15-7-3-5-13(9-15)17-16(11-22)19-20-21(17)10-12-4-2-6-14(18)8-12/h2-9,22H,10-11H2,1H3. The van der Waals surface area contributed by atoms with E-state index in [9.17, 15) is 9.50 Å². The minimum absolute atomic E-state index is 0.226. The normalized spacial score (nSPS) is 10.7. The van der Waals surface area contributed by atoms with Gasteiger partial charge in [-0.1, -0.05) is 29.5 Å². The molecule has 23 heavy (non-hydrogen) atoms. The van der Waals surface area contributed by atoms with E-state index in [2.05, 4.69) is 10.3 Å². The first-order valence-corrected chi connectivity index (χ1v) is 7.13. The second kappa shape index (κ2) is 6.58. The molecule has 1 heterocycles. The molecular weight excluding hydrogens is 297 g/mol. The molecule has 0 saturated heterocycles. The molecule has 3 rings (SSSR count). The highest BCUT2D eigenvalue weighted by Crippen LogP contribution is 2.26. The largest absolute Gasteiger partial charge is 0.497 e. The lowest BCUT2D eigenvalue weighted by atomic mass is 10.1. The predicted molar refractivity (Wildman–Crippen MR) is 83.4 cm³/mol. The molecule has 1 aromatic heterocycles. The Morgan fingerprint density at radius 3 is 2.74 bits per heavy atom. The van der Waals surface area contributed by atoms with Crippen LogP contribution in [0.1, 0.15) is 11.3 Å². The summed E-state index contributed by atoms with van der Waals surface area (Å²) < 4.78 is 20.2. The zero-order valence-electron chi connectivity index (χ0n) is 12.6. The molecule has 0 spiro atoms. The average Bonchev–Trinajstić information content (AvgIpc) is 2.97. The maximum absolute atomic E-state index is 13.4. The Balaban J connectivity index is 2.03. The van der Waals surface area contributed by atoms with Gasteiger partial charge in [-0.25, -0.2) is 9.07 Å². The van der Waals surface area contributed by atoms with Gasteiger partial charge in [-0.15, -0.1) is 5.10 Å². The Morgan fingerprint density at radius 1 is 1.17 bits per heavy atom. The fourth-order valence-electron chi connectivity index (χ4n) is 2.46. The maximum Gasteiger partial charge on any atom is 0.123 e. The molecular formula is C17H16FN3O2. The molecule has 5 nitrogen and oxygen atoms in total. The van der Waals surface area contributed by atoms with Crippen LogP contribution < -0.4 is 4.74 Å². The third-order valence-corrected chi connectivity index (χ3v) is 3.52. The summed E-state index contributed by atoms with van der Waals surface area (Å²) in [5.41, 5.74) is 2.75. The summed E-state index contributed by atoms with van der Waals surface area (Å²) in [7, 11) is 1.59. The van der Waals surface area contributed by atoms with Crippen molar-refractivity contribution in [3.8, 4) is 17.0 Å². The lowest BCUT2D eigenvalue weighted by Gasteiger charge is -2.09. The molecule has 0 unspecified atom stereocenters. The fraction of sp³-hybridized carbons (Fsp3) is 0.176. The van der Waals surface area contributed by atoms with Crippen LogP contribution in [0.5, 0.6) is 5.75 Å². The quantitative estimate of drug-likeness (QED) is 0.786. The van der Waals surface area contributed by atoms with Crippen molar-refractivity contribution in [3.63, 3.8) is 0 Å². The van der Waals surface area contributed by atoms with Gasteiger partial charge < -0.3 is 9.84 Å². The lowest BCUT2D eigenvalue weighted by Crippen LogP contribution is -2.05. The smallest absolute Gasteiger partial charge is 0.123 e. The van der Waals surface area contributed by atoms with Crippen molar-refractivity contribution in [2.24, 2.45) is 0 Å². The molecule has 0 fully saturated rings.